The molecule has 11 heteroatoms. The van der Waals surface area contributed by atoms with E-state index in [2.05, 4.69) is 25.6 Å². The van der Waals surface area contributed by atoms with Gasteiger partial charge in [-0.3, -0.25) is 15.0 Å². The Morgan fingerprint density at radius 1 is 1.27 bits per heavy atom. The van der Waals surface area contributed by atoms with Crippen LogP contribution in [0.15, 0.2) is 18.5 Å². The normalized spacial score (nSPS) is 11.8. The van der Waals surface area contributed by atoms with Crippen LogP contribution >= 0.6 is 11.3 Å². The molecule has 0 bridgehead atoms. The molecule has 0 radical (unpaired) electrons. The Morgan fingerprint density at radius 2 is 2.05 bits per heavy atom. The molecule has 3 aromatic heterocycles. The number of H-pyrrole nitrogens is 2. The molecule has 7 nitrogen and oxygen atoms in total. The first-order valence-electron chi connectivity index (χ1n) is 5.80. The van der Waals surface area contributed by atoms with Crippen LogP contribution in [0.25, 0.3) is 21.8 Å². The van der Waals surface area contributed by atoms with Crippen LogP contribution in [0.2, 0.25) is 0 Å². The molecule has 0 saturated heterocycles. The van der Waals surface area contributed by atoms with Crippen molar-refractivity contribution in [2.75, 3.05) is 0 Å². The molecule has 0 aliphatic carbocycles. The van der Waals surface area contributed by atoms with Crippen LogP contribution in [-0.4, -0.2) is 31.5 Å². The highest BCUT2D eigenvalue weighted by Gasteiger charge is 2.41. The molecular weight excluding hydrogens is 321 g/mol. The number of aromatic nitrogens is 5. The molecule has 0 atom stereocenters. The minimum Gasteiger partial charge on any atom is -0.366 e. The molecule has 0 saturated carbocycles. The number of rotatable bonds is 3. The van der Waals surface area contributed by atoms with Crippen molar-refractivity contribution in [2.45, 2.75) is 6.18 Å². The predicted octanol–water partition coefficient (Wildman–Crippen LogP) is 2.04. The topological polar surface area (TPSA) is 113 Å². The Hall–Kier alpha value is -2.69. The number of carbonyl (C=O) groups is 1. The first-order valence-corrected chi connectivity index (χ1v) is 6.62. The largest absolute Gasteiger partial charge is 0.426 e. The number of thiophene rings is 1. The van der Waals surface area contributed by atoms with Crippen molar-refractivity contribution >= 4 is 17.2 Å². The minimum atomic E-state index is -4.72. The molecule has 3 aromatic rings. The third-order valence-electron chi connectivity index (χ3n) is 2.82. The number of nitrogens with two attached hydrogens (primary N) is 1. The van der Waals surface area contributed by atoms with Crippen molar-refractivity contribution < 1.29 is 18.0 Å². The summed E-state index contributed by atoms with van der Waals surface area (Å²) < 4.78 is 39.6. The van der Waals surface area contributed by atoms with Crippen LogP contribution in [0.5, 0.6) is 0 Å². The van der Waals surface area contributed by atoms with Gasteiger partial charge in [-0.1, -0.05) is 5.21 Å². The molecular formula is C11H7F3N6OS. The van der Waals surface area contributed by atoms with Gasteiger partial charge < -0.3 is 5.73 Å². The molecule has 1 amide bonds. The van der Waals surface area contributed by atoms with Gasteiger partial charge >= 0.3 is 6.18 Å². The lowest BCUT2D eigenvalue weighted by Gasteiger charge is -2.06. The van der Waals surface area contributed by atoms with E-state index in [1.807, 2.05) is 0 Å². The molecule has 22 heavy (non-hydrogen) atoms. The molecule has 0 spiro atoms. The van der Waals surface area contributed by atoms with E-state index in [0.717, 1.165) is 0 Å². The van der Waals surface area contributed by atoms with E-state index < -0.39 is 22.5 Å². The summed E-state index contributed by atoms with van der Waals surface area (Å²) in [6, 6.07) is 1.44. The Labute approximate surface area is 124 Å². The zero-order valence-corrected chi connectivity index (χ0v) is 11.4. The maximum atomic E-state index is 13.2. The van der Waals surface area contributed by atoms with Gasteiger partial charge in [-0.05, 0) is 6.07 Å². The predicted molar refractivity (Wildman–Crippen MR) is 70.8 cm³/mol. The SMILES string of the molecule is NC(=O)c1c(C(F)(F)F)sc(-c2c[nH]nn2)c1-c1cc[nH]n1. The van der Waals surface area contributed by atoms with Crippen molar-refractivity contribution in [1.29, 1.82) is 0 Å². The number of hydrogen-bond donors (Lipinski definition) is 3. The first-order chi connectivity index (χ1) is 10.4. The summed E-state index contributed by atoms with van der Waals surface area (Å²) in [6.07, 6.45) is -1.97. The summed E-state index contributed by atoms with van der Waals surface area (Å²) in [5, 5.41) is 15.9. The van der Waals surface area contributed by atoms with Gasteiger partial charge in [-0.2, -0.15) is 18.3 Å². The Kier molecular flexibility index (Phi) is 3.20. The molecule has 0 fully saturated rings. The molecule has 114 valence electrons. The summed E-state index contributed by atoms with van der Waals surface area (Å²) >= 11 is 0.375. The Balaban J connectivity index is 2.38. The Bertz CT molecular complexity index is 806. The van der Waals surface area contributed by atoms with Crippen molar-refractivity contribution in [3.63, 3.8) is 0 Å². The van der Waals surface area contributed by atoms with Crippen LogP contribution in [0.3, 0.4) is 0 Å². The fraction of sp³-hybridized carbons (Fsp3) is 0.0909. The van der Waals surface area contributed by atoms with Gasteiger partial charge in [-0.25, -0.2) is 0 Å². The van der Waals surface area contributed by atoms with E-state index in [1.165, 1.54) is 18.5 Å². The van der Waals surface area contributed by atoms with Crippen LogP contribution < -0.4 is 5.73 Å². The van der Waals surface area contributed by atoms with Crippen LogP contribution in [0, 0.1) is 0 Å². The van der Waals surface area contributed by atoms with Crippen LogP contribution in [0.1, 0.15) is 15.2 Å². The van der Waals surface area contributed by atoms with Gasteiger partial charge in [0.15, 0.2) is 0 Å². The average molecular weight is 328 g/mol. The van der Waals surface area contributed by atoms with E-state index in [4.69, 9.17) is 5.73 Å². The first kappa shape index (κ1) is 14.3. The number of alkyl halides is 3. The van der Waals surface area contributed by atoms with Crippen molar-refractivity contribution in [3.8, 4) is 21.8 Å². The molecule has 0 aliphatic heterocycles. The van der Waals surface area contributed by atoms with Crippen LogP contribution in [-0.2, 0) is 6.18 Å². The lowest BCUT2D eigenvalue weighted by atomic mass is 10.0. The molecule has 0 aromatic carbocycles. The van der Waals surface area contributed by atoms with Gasteiger partial charge in [0.2, 0.25) is 0 Å². The summed E-state index contributed by atoms with van der Waals surface area (Å²) in [7, 11) is 0. The number of nitrogens with zero attached hydrogens (tertiary/aromatic N) is 3. The van der Waals surface area contributed by atoms with E-state index in [-0.39, 0.29) is 21.8 Å². The summed E-state index contributed by atoms with van der Waals surface area (Å²) in [4.78, 5) is 10.6. The second-order valence-electron chi connectivity index (χ2n) is 4.19. The second-order valence-corrected chi connectivity index (χ2v) is 5.21. The lowest BCUT2D eigenvalue weighted by molar-refractivity contribution is -0.134. The third kappa shape index (κ3) is 2.24. The maximum Gasteiger partial charge on any atom is 0.426 e. The molecule has 0 unspecified atom stereocenters. The van der Waals surface area contributed by atoms with Crippen molar-refractivity contribution in [2.24, 2.45) is 5.73 Å². The molecule has 3 rings (SSSR count). The highest BCUT2D eigenvalue weighted by molar-refractivity contribution is 7.16. The van der Waals surface area contributed by atoms with Gasteiger partial charge in [0, 0.05) is 11.8 Å². The number of nitrogens with one attached hydrogen (secondary N) is 2. The molecule has 3 heterocycles. The number of hydrogen-bond acceptors (Lipinski definition) is 5. The summed E-state index contributed by atoms with van der Waals surface area (Å²) in [6.45, 7) is 0. The van der Waals surface area contributed by atoms with Gasteiger partial charge in [0.05, 0.1) is 22.3 Å². The highest BCUT2D eigenvalue weighted by atomic mass is 32.1. The van der Waals surface area contributed by atoms with Crippen molar-refractivity contribution in [3.05, 3.63) is 28.9 Å². The average Bonchev–Trinajstić information content (AvgIpc) is 3.17. The van der Waals surface area contributed by atoms with Gasteiger partial charge in [-0.15, -0.1) is 16.4 Å². The summed E-state index contributed by atoms with van der Waals surface area (Å²) in [5.41, 5.74) is 4.87. The smallest absolute Gasteiger partial charge is 0.366 e. The minimum absolute atomic E-state index is 0.0139. The standard InChI is InChI=1S/C11H7F3N6OS/c12-11(13,14)9-7(10(15)21)6(4-1-2-16-18-4)8(22-9)5-3-17-20-19-5/h1-3H,(H2,15,21)(H,16,18)(H,17,19,20). The fourth-order valence-electron chi connectivity index (χ4n) is 2.00. The zero-order chi connectivity index (χ0) is 15.9. The number of aromatic amines is 2. The van der Waals surface area contributed by atoms with Crippen LogP contribution in [0.4, 0.5) is 13.2 Å². The number of carbonyl (C=O) groups excluding carboxylic acids is 1. The van der Waals surface area contributed by atoms with Gasteiger partial charge in [0.25, 0.3) is 5.91 Å². The lowest BCUT2D eigenvalue weighted by Crippen LogP contribution is -2.17. The van der Waals surface area contributed by atoms with E-state index in [1.54, 1.807) is 0 Å². The second kappa shape index (κ2) is 4.94. The Morgan fingerprint density at radius 3 is 2.55 bits per heavy atom. The van der Waals surface area contributed by atoms with E-state index in [9.17, 15) is 18.0 Å². The van der Waals surface area contributed by atoms with Gasteiger partial charge in [0.1, 0.15) is 10.6 Å². The monoisotopic (exact) mass is 328 g/mol. The molecule has 0 aliphatic rings. The van der Waals surface area contributed by atoms with Crippen molar-refractivity contribution in [1.82, 2.24) is 25.6 Å². The molecule has 4 N–H and O–H groups in total. The number of halogens is 3. The van der Waals surface area contributed by atoms with E-state index in [0.29, 0.717) is 11.3 Å². The fourth-order valence-corrected chi connectivity index (χ4v) is 3.14. The van der Waals surface area contributed by atoms with E-state index >= 15 is 0 Å². The number of primary amides is 1. The number of amides is 1. The third-order valence-corrected chi connectivity index (χ3v) is 4.08. The quantitative estimate of drug-likeness (QED) is 0.682. The highest BCUT2D eigenvalue weighted by Crippen LogP contribution is 2.47. The summed E-state index contributed by atoms with van der Waals surface area (Å²) in [5.74, 6) is -1.18. The maximum absolute atomic E-state index is 13.2. The zero-order valence-electron chi connectivity index (χ0n) is 10.6.